The van der Waals surface area contributed by atoms with Crippen LogP contribution >= 0.6 is 0 Å². The van der Waals surface area contributed by atoms with Gasteiger partial charge in [-0.2, -0.15) is 0 Å². The third kappa shape index (κ3) is 3.98. The maximum atomic E-state index is 13.1. The lowest BCUT2D eigenvalue weighted by Crippen LogP contribution is -2.39. The number of rotatable bonds is 5. The van der Waals surface area contributed by atoms with Crippen LogP contribution in [-0.2, 0) is 4.74 Å². The van der Waals surface area contributed by atoms with Gasteiger partial charge in [0.05, 0.1) is 24.9 Å². The summed E-state index contributed by atoms with van der Waals surface area (Å²) in [6.07, 6.45) is 0. The molecule has 5 heteroatoms. The molecule has 31 heavy (non-hydrogen) atoms. The van der Waals surface area contributed by atoms with E-state index in [0.717, 1.165) is 41.1 Å². The number of nitrogens with one attached hydrogen (secondary N) is 1. The first-order chi connectivity index (χ1) is 15.3. The Bertz CT molecular complexity index is 1170. The molecule has 1 fully saturated rings. The molecule has 0 radical (unpaired) electrons. The lowest BCUT2D eigenvalue weighted by molar-refractivity contribution is 0.0206. The van der Waals surface area contributed by atoms with Gasteiger partial charge in [-0.15, -0.1) is 0 Å². The number of hydrogen-bond donors (Lipinski definition) is 1. The average Bonchev–Trinajstić information content (AvgIpc) is 3.19. The van der Waals surface area contributed by atoms with Crippen LogP contribution in [0.2, 0.25) is 0 Å². The summed E-state index contributed by atoms with van der Waals surface area (Å²) in [4.78, 5) is 15.4. The third-order valence-electron chi connectivity index (χ3n) is 5.67. The van der Waals surface area contributed by atoms with Crippen molar-refractivity contribution in [3.05, 3.63) is 102 Å². The summed E-state index contributed by atoms with van der Waals surface area (Å²) in [5, 5.41) is 4.05. The molecule has 5 rings (SSSR count). The summed E-state index contributed by atoms with van der Waals surface area (Å²) in [5.74, 6) is 0.598. The molecule has 0 spiro atoms. The average molecular weight is 412 g/mol. The van der Waals surface area contributed by atoms with E-state index in [0.29, 0.717) is 18.8 Å². The molecule has 0 aliphatic carbocycles. The molecular weight excluding hydrogens is 388 g/mol. The third-order valence-corrected chi connectivity index (χ3v) is 5.67. The van der Waals surface area contributed by atoms with Crippen molar-refractivity contribution in [3.8, 4) is 0 Å². The molecule has 1 saturated heterocycles. The Balaban J connectivity index is 1.63. The maximum Gasteiger partial charge on any atom is 0.255 e. The van der Waals surface area contributed by atoms with E-state index in [2.05, 4.69) is 22.3 Å². The van der Waals surface area contributed by atoms with Crippen LogP contribution in [0.5, 0.6) is 0 Å². The fraction of sp³-hybridized carbons (Fsp3) is 0.192. The summed E-state index contributed by atoms with van der Waals surface area (Å²) in [6.45, 7) is 2.94. The molecule has 1 aliphatic heterocycles. The minimum absolute atomic E-state index is 0.122. The van der Waals surface area contributed by atoms with Crippen molar-refractivity contribution in [1.82, 2.24) is 4.90 Å². The minimum Gasteiger partial charge on any atom is -0.457 e. The Kier molecular flexibility index (Phi) is 5.52. The minimum atomic E-state index is -0.151. The van der Waals surface area contributed by atoms with Crippen LogP contribution in [0.15, 0.2) is 89.3 Å². The second-order valence-electron chi connectivity index (χ2n) is 7.62. The molecule has 3 aromatic carbocycles. The summed E-state index contributed by atoms with van der Waals surface area (Å²) in [7, 11) is 0. The molecule has 1 atom stereocenters. The van der Waals surface area contributed by atoms with Crippen molar-refractivity contribution < 1.29 is 13.9 Å². The molecule has 1 unspecified atom stereocenters. The van der Waals surface area contributed by atoms with E-state index in [9.17, 15) is 4.79 Å². The van der Waals surface area contributed by atoms with E-state index >= 15 is 0 Å². The van der Waals surface area contributed by atoms with Crippen LogP contribution in [0, 0.1) is 0 Å². The van der Waals surface area contributed by atoms with E-state index in [1.165, 1.54) is 0 Å². The van der Waals surface area contributed by atoms with Gasteiger partial charge in [0.25, 0.3) is 5.91 Å². The first-order valence-corrected chi connectivity index (χ1v) is 10.6. The second-order valence-corrected chi connectivity index (χ2v) is 7.62. The summed E-state index contributed by atoms with van der Waals surface area (Å²) < 4.78 is 12.0. The van der Waals surface area contributed by atoms with Gasteiger partial charge in [-0.05, 0) is 29.8 Å². The normalized spacial score (nSPS) is 15.6. The highest BCUT2D eigenvalue weighted by Gasteiger charge is 2.31. The van der Waals surface area contributed by atoms with Crippen LogP contribution in [-0.4, -0.2) is 37.1 Å². The number of para-hydroxylation sites is 1. The molecule has 0 bridgehead atoms. The molecule has 156 valence electrons. The number of hydrogen-bond acceptors (Lipinski definition) is 4. The van der Waals surface area contributed by atoms with Gasteiger partial charge in [0.1, 0.15) is 11.3 Å². The van der Waals surface area contributed by atoms with E-state index in [1.54, 1.807) is 0 Å². The number of carbonyl (C=O) groups excluding carboxylic acids is 1. The van der Waals surface area contributed by atoms with Crippen molar-refractivity contribution in [2.75, 3.05) is 31.6 Å². The van der Waals surface area contributed by atoms with Gasteiger partial charge in [-0.3, -0.25) is 9.69 Å². The predicted octanol–water partition coefficient (Wildman–Crippen LogP) is 5.11. The van der Waals surface area contributed by atoms with E-state index in [1.807, 2.05) is 72.8 Å². The molecule has 0 saturated carbocycles. The highest BCUT2D eigenvalue weighted by Crippen LogP contribution is 2.40. The van der Waals surface area contributed by atoms with Crippen molar-refractivity contribution in [2.24, 2.45) is 0 Å². The zero-order valence-corrected chi connectivity index (χ0v) is 17.2. The Labute approximate surface area is 181 Å². The van der Waals surface area contributed by atoms with Crippen molar-refractivity contribution in [1.29, 1.82) is 0 Å². The Morgan fingerprint density at radius 3 is 2.23 bits per heavy atom. The second kappa shape index (κ2) is 8.76. The van der Waals surface area contributed by atoms with E-state index in [-0.39, 0.29) is 11.9 Å². The summed E-state index contributed by atoms with van der Waals surface area (Å²) in [6, 6.07) is 27.3. The zero-order chi connectivity index (χ0) is 21.0. The first-order valence-electron chi connectivity index (χ1n) is 10.6. The highest BCUT2D eigenvalue weighted by molar-refractivity contribution is 6.09. The van der Waals surface area contributed by atoms with Crippen LogP contribution in [0.1, 0.15) is 27.7 Å². The number of morpholine rings is 1. The van der Waals surface area contributed by atoms with Crippen molar-refractivity contribution in [2.45, 2.75) is 6.04 Å². The Morgan fingerprint density at radius 2 is 1.48 bits per heavy atom. The van der Waals surface area contributed by atoms with Crippen LogP contribution in [0.3, 0.4) is 0 Å². The monoisotopic (exact) mass is 412 g/mol. The van der Waals surface area contributed by atoms with Gasteiger partial charge in [0.15, 0.2) is 0 Å². The van der Waals surface area contributed by atoms with Gasteiger partial charge in [0, 0.05) is 24.0 Å². The number of ether oxygens (including phenoxy) is 1. The molecule has 1 N–H and O–H groups in total. The molecule has 1 aromatic heterocycles. The molecule has 4 aromatic rings. The molecule has 2 heterocycles. The fourth-order valence-electron chi connectivity index (χ4n) is 4.16. The standard InChI is InChI=1S/C26H24N2O3/c29-26(20-11-5-2-6-12-20)27-23-21-13-7-8-14-22(21)31-25(23)24(19-9-3-1-4-10-19)28-15-17-30-18-16-28/h1-14,24H,15-18H2,(H,27,29). The number of fused-ring (bicyclic) bond motifs is 1. The van der Waals surface area contributed by atoms with E-state index < -0.39 is 0 Å². The summed E-state index contributed by atoms with van der Waals surface area (Å²) >= 11 is 0. The zero-order valence-electron chi connectivity index (χ0n) is 17.2. The van der Waals surface area contributed by atoms with Crippen LogP contribution < -0.4 is 5.32 Å². The smallest absolute Gasteiger partial charge is 0.255 e. The summed E-state index contributed by atoms with van der Waals surface area (Å²) in [5.41, 5.74) is 3.22. The number of benzene rings is 3. The quantitative estimate of drug-likeness (QED) is 0.495. The number of carbonyl (C=O) groups is 1. The van der Waals surface area contributed by atoms with Crippen molar-refractivity contribution >= 4 is 22.6 Å². The predicted molar refractivity (Wildman–Crippen MR) is 121 cm³/mol. The molecule has 5 nitrogen and oxygen atoms in total. The Hall–Kier alpha value is -3.41. The topological polar surface area (TPSA) is 54.7 Å². The fourth-order valence-corrected chi connectivity index (χ4v) is 4.16. The molecule has 1 aliphatic rings. The SMILES string of the molecule is O=C(Nc1c(C(c2ccccc2)N2CCOCC2)oc2ccccc12)c1ccccc1. The molecule has 1 amide bonds. The van der Waals surface area contributed by atoms with Crippen LogP contribution in [0.25, 0.3) is 11.0 Å². The highest BCUT2D eigenvalue weighted by atomic mass is 16.5. The Morgan fingerprint density at radius 1 is 0.839 bits per heavy atom. The largest absolute Gasteiger partial charge is 0.457 e. The number of nitrogens with zero attached hydrogens (tertiary/aromatic N) is 1. The number of amides is 1. The van der Waals surface area contributed by atoms with Gasteiger partial charge < -0.3 is 14.5 Å². The van der Waals surface area contributed by atoms with Gasteiger partial charge >= 0.3 is 0 Å². The first kappa shape index (κ1) is 19.5. The number of furan rings is 1. The maximum absolute atomic E-state index is 13.1. The number of anilines is 1. The van der Waals surface area contributed by atoms with Gasteiger partial charge in [-0.25, -0.2) is 0 Å². The lowest BCUT2D eigenvalue weighted by Gasteiger charge is -2.34. The van der Waals surface area contributed by atoms with E-state index in [4.69, 9.17) is 9.15 Å². The molecular formula is C26H24N2O3. The van der Waals surface area contributed by atoms with Crippen LogP contribution in [0.4, 0.5) is 5.69 Å². The van der Waals surface area contributed by atoms with Gasteiger partial charge in [0.2, 0.25) is 0 Å². The van der Waals surface area contributed by atoms with Gasteiger partial charge in [-0.1, -0.05) is 60.7 Å². The lowest BCUT2D eigenvalue weighted by atomic mass is 10.00. The van der Waals surface area contributed by atoms with Crippen molar-refractivity contribution in [3.63, 3.8) is 0 Å².